The number of hydrazine groups is 1. The van der Waals surface area contributed by atoms with Crippen molar-refractivity contribution < 1.29 is 4.74 Å². The Morgan fingerprint density at radius 1 is 1.42 bits per heavy atom. The van der Waals surface area contributed by atoms with Crippen LogP contribution in [0.15, 0.2) is 18.2 Å². The van der Waals surface area contributed by atoms with Crippen LogP contribution in [0.25, 0.3) is 0 Å². The molecule has 0 aliphatic carbocycles. The van der Waals surface area contributed by atoms with Crippen molar-refractivity contribution in [2.24, 2.45) is 5.84 Å². The zero-order valence-electron chi connectivity index (χ0n) is 6.54. The second-order valence-corrected chi connectivity index (χ2v) is 2.57. The first-order valence-electron chi connectivity index (χ1n) is 3.62. The molecule has 4 heteroatoms. The van der Waals surface area contributed by atoms with E-state index in [1.165, 1.54) is 5.56 Å². The maximum atomic E-state index is 5.33. The minimum absolute atomic E-state index is 0. The Morgan fingerprint density at radius 3 is 3.00 bits per heavy atom. The van der Waals surface area contributed by atoms with Crippen LogP contribution in [0, 0.1) is 0 Å². The van der Waals surface area contributed by atoms with Crippen LogP contribution in [0.4, 0.5) is 5.69 Å². The second-order valence-electron chi connectivity index (χ2n) is 2.57. The fourth-order valence-electron chi connectivity index (χ4n) is 1.28. The number of benzene rings is 1. The van der Waals surface area contributed by atoms with Gasteiger partial charge in [0.1, 0.15) is 5.75 Å². The molecule has 3 N–H and O–H groups in total. The van der Waals surface area contributed by atoms with Gasteiger partial charge < -0.3 is 10.2 Å². The third-order valence-electron chi connectivity index (χ3n) is 1.86. The van der Waals surface area contributed by atoms with E-state index in [1.54, 1.807) is 0 Å². The highest BCUT2D eigenvalue weighted by molar-refractivity contribution is 5.85. The molecule has 0 unspecified atom stereocenters. The molecule has 3 nitrogen and oxygen atoms in total. The molecule has 0 bridgehead atoms. The number of nitrogen functional groups attached to an aromatic ring is 1. The fourth-order valence-corrected chi connectivity index (χ4v) is 1.28. The van der Waals surface area contributed by atoms with E-state index in [2.05, 4.69) is 5.43 Å². The number of nitrogens with two attached hydrogens (primary N) is 1. The highest BCUT2D eigenvalue weighted by atomic mass is 35.5. The summed E-state index contributed by atoms with van der Waals surface area (Å²) in [4.78, 5) is 0. The lowest BCUT2D eigenvalue weighted by Gasteiger charge is -2.01. The largest absolute Gasteiger partial charge is 0.493 e. The highest BCUT2D eigenvalue weighted by Crippen LogP contribution is 2.27. The predicted octanol–water partition coefficient (Wildman–Crippen LogP) is 1.33. The number of anilines is 1. The van der Waals surface area contributed by atoms with Crippen molar-refractivity contribution in [3.05, 3.63) is 23.8 Å². The van der Waals surface area contributed by atoms with Crippen LogP contribution in [0.3, 0.4) is 0 Å². The van der Waals surface area contributed by atoms with Crippen LogP contribution in [0.5, 0.6) is 5.75 Å². The number of ether oxygens (including phenoxy) is 1. The molecule has 66 valence electrons. The van der Waals surface area contributed by atoms with Gasteiger partial charge in [0.2, 0.25) is 0 Å². The number of nitrogens with one attached hydrogen (secondary N) is 1. The molecule has 1 heterocycles. The minimum atomic E-state index is 0. The van der Waals surface area contributed by atoms with Crippen LogP contribution < -0.4 is 16.0 Å². The van der Waals surface area contributed by atoms with Gasteiger partial charge >= 0.3 is 0 Å². The molecule has 1 aromatic carbocycles. The Labute approximate surface area is 77.3 Å². The normalized spacial score (nSPS) is 12.8. The van der Waals surface area contributed by atoms with Crippen molar-refractivity contribution in [3.8, 4) is 5.75 Å². The van der Waals surface area contributed by atoms with Crippen molar-refractivity contribution in [2.75, 3.05) is 12.0 Å². The quantitative estimate of drug-likeness (QED) is 0.514. The van der Waals surface area contributed by atoms with Crippen LogP contribution in [0.2, 0.25) is 0 Å². The average Bonchev–Trinajstić information content (AvgIpc) is 2.50. The van der Waals surface area contributed by atoms with E-state index in [4.69, 9.17) is 10.6 Å². The van der Waals surface area contributed by atoms with E-state index in [9.17, 15) is 0 Å². The van der Waals surface area contributed by atoms with Gasteiger partial charge in [-0.25, -0.2) is 0 Å². The van der Waals surface area contributed by atoms with Gasteiger partial charge in [0.05, 0.1) is 6.61 Å². The Balaban J connectivity index is 0.000000720. The number of halogens is 1. The average molecular weight is 187 g/mol. The summed E-state index contributed by atoms with van der Waals surface area (Å²) in [6.07, 6.45) is 0.991. The maximum absolute atomic E-state index is 5.33. The molecule has 0 saturated heterocycles. The van der Waals surface area contributed by atoms with Gasteiger partial charge in [0, 0.05) is 12.1 Å². The molecule has 0 saturated carbocycles. The van der Waals surface area contributed by atoms with Gasteiger partial charge in [0.25, 0.3) is 0 Å². The molecular formula is C8H11ClN2O. The van der Waals surface area contributed by atoms with Gasteiger partial charge in [0.15, 0.2) is 0 Å². The molecule has 0 amide bonds. The minimum Gasteiger partial charge on any atom is -0.493 e. The Bertz CT molecular complexity index is 278. The summed E-state index contributed by atoms with van der Waals surface area (Å²) in [5, 5.41) is 0. The monoisotopic (exact) mass is 186 g/mol. The molecule has 1 aromatic rings. The van der Waals surface area contributed by atoms with Gasteiger partial charge in [-0.15, -0.1) is 12.4 Å². The summed E-state index contributed by atoms with van der Waals surface area (Å²) in [6.45, 7) is 0.795. The summed E-state index contributed by atoms with van der Waals surface area (Å²) in [5.41, 5.74) is 4.78. The Kier molecular flexibility index (Phi) is 2.78. The first-order chi connectivity index (χ1) is 5.40. The van der Waals surface area contributed by atoms with E-state index < -0.39 is 0 Å². The lowest BCUT2D eigenvalue weighted by molar-refractivity contribution is 0.357. The summed E-state index contributed by atoms with van der Waals surface area (Å²) in [5.74, 6) is 6.24. The Hall–Kier alpha value is -0.930. The van der Waals surface area contributed by atoms with E-state index >= 15 is 0 Å². The van der Waals surface area contributed by atoms with Crippen LogP contribution in [-0.4, -0.2) is 6.61 Å². The van der Waals surface area contributed by atoms with Crippen molar-refractivity contribution in [2.45, 2.75) is 6.42 Å². The van der Waals surface area contributed by atoms with Gasteiger partial charge in [-0.05, 0) is 23.8 Å². The lowest BCUT2D eigenvalue weighted by atomic mass is 10.1. The molecule has 12 heavy (non-hydrogen) atoms. The SMILES string of the molecule is Cl.NNc1ccc2c(c1)CCO2. The van der Waals surface area contributed by atoms with E-state index in [0.717, 1.165) is 24.5 Å². The zero-order chi connectivity index (χ0) is 7.68. The third kappa shape index (κ3) is 1.47. The van der Waals surface area contributed by atoms with Crippen molar-refractivity contribution in [1.29, 1.82) is 0 Å². The molecule has 2 rings (SSSR count). The highest BCUT2D eigenvalue weighted by Gasteiger charge is 2.10. The first kappa shape index (κ1) is 9.16. The van der Waals surface area contributed by atoms with Crippen LogP contribution >= 0.6 is 12.4 Å². The second kappa shape index (κ2) is 3.65. The summed E-state index contributed by atoms with van der Waals surface area (Å²) in [6, 6.07) is 5.87. The summed E-state index contributed by atoms with van der Waals surface area (Å²) < 4.78 is 5.33. The van der Waals surface area contributed by atoms with Gasteiger partial charge in [-0.1, -0.05) is 0 Å². The van der Waals surface area contributed by atoms with E-state index in [-0.39, 0.29) is 12.4 Å². The van der Waals surface area contributed by atoms with Crippen molar-refractivity contribution in [3.63, 3.8) is 0 Å². The number of rotatable bonds is 1. The molecule has 0 radical (unpaired) electrons. The number of fused-ring (bicyclic) bond motifs is 1. The fraction of sp³-hybridized carbons (Fsp3) is 0.250. The standard InChI is InChI=1S/C8H10N2O.ClH/c9-10-7-1-2-8-6(5-7)3-4-11-8;/h1-2,5,10H,3-4,9H2;1H. The smallest absolute Gasteiger partial charge is 0.122 e. The van der Waals surface area contributed by atoms with Gasteiger partial charge in [-0.3, -0.25) is 5.84 Å². The summed E-state index contributed by atoms with van der Waals surface area (Å²) >= 11 is 0. The van der Waals surface area contributed by atoms with Crippen LogP contribution in [0.1, 0.15) is 5.56 Å². The molecule has 0 spiro atoms. The van der Waals surface area contributed by atoms with E-state index in [1.807, 2.05) is 18.2 Å². The van der Waals surface area contributed by atoms with Crippen molar-refractivity contribution >= 4 is 18.1 Å². The lowest BCUT2D eigenvalue weighted by Crippen LogP contribution is -2.06. The molecule has 0 fully saturated rings. The predicted molar refractivity (Wildman–Crippen MR) is 50.7 cm³/mol. The number of hydrogen-bond donors (Lipinski definition) is 2. The maximum Gasteiger partial charge on any atom is 0.122 e. The third-order valence-corrected chi connectivity index (χ3v) is 1.86. The Morgan fingerprint density at radius 2 is 2.25 bits per heavy atom. The molecular weight excluding hydrogens is 176 g/mol. The molecule has 0 atom stereocenters. The zero-order valence-corrected chi connectivity index (χ0v) is 7.36. The number of hydrogen-bond acceptors (Lipinski definition) is 3. The topological polar surface area (TPSA) is 47.3 Å². The summed E-state index contributed by atoms with van der Waals surface area (Å²) in [7, 11) is 0. The first-order valence-corrected chi connectivity index (χ1v) is 3.62. The molecule has 1 aliphatic rings. The molecule has 0 aromatic heterocycles. The van der Waals surface area contributed by atoms with E-state index in [0.29, 0.717) is 0 Å². The van der Waals surface area contributed by atoms with Crippen molar-refractivity contribution in [1.82, 2.24) is 0 Å². The molecule has 1 aliphatic heterocycles. The van der Waals surface area contributed by atoms with Gasteiger partial charge in [-0.2, -0.15) is 0 Å². The van der Waals surface area contributed by atoms with Crippen LogP contribution in [-0.2, 0) is 6.42 Å².